The van der Waals surface area contributed by atoms with Crippen LogP contribution in [0.3, 0.4) is 0 Å². The molecule has 2 aliphatic heterocycles. The van der Waals surface area contributed by atoms with E-state index in [2.05, 4.69) is 29.9 Å². The smallest absolute Gasteiger partial charge is 0.870 e. The molecule has 0 bridgehead atoms. The molecule has 0 amide bonds. The van der Waals surface area contributed by atoms with Crippen LogP contribution in [0.4, 0.5) is 4.39 Å². The van der Waals surface area contributed by atoms with Crippen molar-refractivity contribution in [1.29, 1.82) is 0 Å². The predicted octanol–water partition coefficient (Wildman–Crippen LogP) is 1.02. The first-order chi connectivity index (χ1) is 20.3. The average molecular weight is 657 g/mol. The number of H-pyrrole nitrogens is 3. The zero-order valence-electron chi connectivity index (χ0n) is 23.7. The first-order valence-electron chi connectivity index (χ1n) is 13.4. The second-order valence-corrected chi connectivity index (χ2v) is 10.6. The number of halogens is 3. The van der Waals surface area contributed by atoms with Gasteiger partial charge in [-0.3, -0.25) is 14.4 Å². The molecule has 16 heteroatoms. The number of hydrogen-bond acceptors (Lipinski definition) is 9. The van der Waals surface area contributed by atoms with E-state index in [9.17, 15) is 18.8 Å². The summed E-state index contributed by atoms with van der Waals surface area (Å²) in [6.07, 6.45) is 5.93. The zero-order chi connectivity index (χ0) is 29.6. The molecule has 0 unspecified atom stereocenters. The minimum atomic E-state index is -0.627. The van der Waals surface area contributed by atoms with Gasteiger partial charge in [0.2, 0.25) is 11.5 Å². The number of ether oxygens (including phenoxy) is 2. The van der Waals surface area contributed by atoms with Gasteiger partial charge in [0.15, 0.2) is 0 Å². The van der Waals surface area contributed by atoms with E-state index in [0.29, 0.717) is 60.6 Å². The Kier molecular flexibility index (Phi) is 13.4. The molecular formula is C28H28Cl2FN6NaO6. The molecule has 2 saturated heterocycles. The fraction of sp³-hybridized carbons (Fsp3) is 0.357. The van der Waals surface area contributed by atoms with Crippen molar-refractivity contribution in [2.45, 2.75) is 37.5 Å². The Labute approximate surface area is 282 Å². The molecule has 0 radical (unpaired) electrons. The van der Waals surface area contributed by atoms with E-state index >= 15 is 0 Å². The molecule has 6 rings (SSSR count). The number of aromatic nitrogens is 6. The van der Waals surface area contributed by atoms with Crippen molar-refractivity contribution in [2.24, 2.45) is 0 Å². The van der Waals surface area contributed by atoms with E-state index in [1.807, 2.05) is 0 Å². The molecule has 0 aromatic carbocycles. The van der Waals surface area contributed by atoms with Gasteiger partial charge in [0, 0.05) is 73.9 Å². The Bertz CT molecular complexity index is 1740. The summed E-state index contributed by atoms with van der Waals surface area (Å²) >= 11 is 12.2. The molecule has 4 N–H and O–H groups in total. The van der Waals surface area contributed by atoms with Crippen LogP contribution in [0.5, 0.6) is 0 Å². The van der Waals surface area contributed by atoms with Crippen molar-refractivity contribution < 1.29 is 48.9 Å². The summed E-state index contributed by atoms with van der Waals surface area (Å²) < 4.78 is 23.8. The van der Waals surface area contributed by atoms with Crippen molar-refractivity contribution in [2.75, 3.05) is 26.4 Å². The Balaban J connectivity index is 0.000000230. The number of hydrogen-bond donors (Lipinski definition) is 3. The summed E-state index contributed by atoms with van der Waals surface area (Å²) in [7, 11) is 0. The molecule has 2 aliphatic rings. The Morgan fingerprint density at radius 2 is 1.25 bits per heavy atom. The van der Waals surface area contributed by atoms with Crippen molar-refractivity contribution in [1.82, 2.24) is 29.9 Å². The Morgan fingerprint density at radius 3 is 1.70 bits per heavy atom. The van der Waals surface area contributed by atoms with Crippen LogP contribution >= 0.6 is 23.2 Å². The van der Waals surface area contributed by atoms with E-state index in [-0.39, 0.29) is 68.0 Å². The van der Waals surface area contributed by atoms with E-state index in [4.69, 9.17) is 32.7 Å². The summed E-state index contributed by atoms with van der Waals surface area (Å²) in [6, 6.07) is 5.88. The maximum atomic E-state index is 13.2. The van der Waals surface area contributed by atoms with Gasteiger partial charge in [0.25, 0.3) is 11.1 Å². The van der Waals surface area contributed by atoms with E-state index < -0.39 is 11.5 Å². The maximum absolute atomic E-state index is 13.2. The number of aromatic amines is 3. The molecular weight excluding hydrogens is 629 g/mol. The van der Waals surface area contributed by atoms with Crippen LogP contribution in [0.25, 0.3) is 22.8 Å². The van der Waals surface area contributed by atoms with Crippen LogP contribution in [-0.2, 0) is 9.47 Å². The van der Waals surface area contributed by atoms with Gasteiger partial charge >= 0.3 is 29.6 Å². The molecule has 0 atom stereocenters. The van der Waals surface area contributed by atoms with Gasteiger partial charge in [-0.25, -0.2) is 15.0 Å². The average Bonchev–Trinajstić information content (AvgIpc) is 3.01. The van der Waals surface area contributed by atoms with Gasteiger partial charge < -0.3 is 29.9 Å². The predicted molar refractivity (Wildman–Crippen MR) is 157 cm³/mol. The van der Waals surface area contributed by atoms with Crippen molar-refractivity contribution >= 4 is 23.2 Å². The zero-order valence-corrected chi connectivity index (χ0v) is 27.3. The second-order valence-electron chi connectivity index (χ2n) is 9.81. The first kappa shape index (κ1) is 35.7. The van der Waals surface area contributed by atoms with Crippen molar-refractivity contribution in [3.8, 4) is 22.8 Å². The standard InChI is InChI=1S/C14H13ClFN3O2.C14H14ClN3O3.Na.H2O/c15-11-12(8-2-5-21-6-3-8)18-13(19-14(11)20)9-1-4-17-10(16)7-9;15-11-12(8-2-5-21-6-3-8)17-13(18-14(11)20)9-1-4-16-10(19)7-9;;/h1,4,7-8H,2-3,5-6H2,(H,18,19,20);1,4,7-8H,2-3,5-6H2,(H,16,19)(H,17,18,20);;1H2/q;;+1;/p-1. The molecule has 0 saturated carbocycles. The Morgan fingerprint density at radius 1 is 0.773 bits per heavy atom. The summed E-state index contributed by atoms with van der Waals surface area (Å²) in [5.74, 6) is 0.218. The third kappa shape index (κ3) is 8.70. The maximum Gasteiger partial charge on any atom is 1.00 e. The SMILES string of the molecule is O=c1[nH]c(-c2ccnc(F)c2)nc(C2CCOCC2)c1Cl.O=c1cc(-c2nc(C3CCOCC3)c(Cl)c(=O)[nH]2)cc[nH]1.[Na+].[OH-]. The normalized spacial score (nSPS) is 15.3. The van der Waals surface area contributed by atoms with Crippen LogP contribution in [0.15, 0.2) is 51.0 Å². The largest absolute Gasteiger partial charge is 1.00 e. The van der Waals surface area contributed by atoms with Crippen LogP contribution in [0.1, 0.15) is 48.9 Å². The first-order valence-corrected chi connectivity index (χ1v) is 14.1. The van der Waals surface area contributed by atoms with Gasteiger partial charge in [0.1, 0.15) is 21.7 Å². The van der Waals surface area contributed by atoms with Crippen molar-refractivity contribution in [3.63, 3.8) is 0 Å². The van der Waals surface area contributed by atoms with E-state index in [0.717, 1.165) is 25.7 Å². The summed E-state index contributed by atoms with van der Waals surface area (Å²) in [5, 5.41) is 0.218. The monoisotopic (exact) mass is 656 g/mol. The van der Waals surface area contributed by atoms with E-state index in [1.54, 1.807) is 12.1 Å². The number of nitrogens with one attached hydrogen (secondary N) is 3. The number of nitrogens with zero attached hydrogens (tertiary/aromatic N) is 3. The summed E-state index contributed by atoms with van der Waals surface area (Å²) in [5.41, 5.74) is 1.10. The topological polar surface area (TPSA) is 186 Å². The molecule has 12 nitrogen and oxygen atoms in total. The molecule has 0 aliphatic carbocycles. The summed E-state index contributed by atoms with van der Waals surface area (Å²) in [6.45, 7) is 2.51. The molecule has 44 heavy (non-hydrogen) atoms. The molecule has 2 fully saturated rings. The van der Waals surface area contributed by atoms with E-state index in [1.165, 1.54) is 24.5 Å². The van der Waals surface area contributed by atoms with Crippen LogP contribution in [0.2, 0.25) is 10.0 Å². The van der Waals surface area contributed by atoms with Gasteiger partial charge in [-0.05, 0) is 37.8 Å². The third-order valence-electron chi connectivity index (χ3n) is 7.04. The van der Waals surface area contributed by atoms with Crippen molar-refractivity contribution in [3.05, 3.63) is 95.1 Å². The van der Waals surface area contributed by atoms with Gasteiger partial charge in [-0.15, -0.1) is 0 Å². The molecule has 228 valence electrons. The minimum absolute atomic E-state index is 0. The van der Waals surface area contributed by atoms with Gasteiger partial charge in [-0.2, -0.15) is 4.39 Å². The quantitative estimate of drug-likeness (QED) is 0.213. The summed E-state index contributed by atoms with van der Waals surface area (Å²) in [4.78, 5) is 55.5. The molecule has 6 heterocycles. The van der Waals surface area contributed by atoms with Gasteiger partial charge in [0.05, 0.1) is 11.4 Å². The molecule has 4 aromatic rings. The molecule has 4 aromatic heterocycles. The molecule has 0 spiro atoms. The third-order valence-corrected chi connectivity index (χ3v) is 7.77. The number of pyridine rings is 2. The Hall–Kier alpha value is -2.75. The van der Waals surface area contributed by atoms with Crippen LogP contribution < -0.4 is 46.2 Å². The fourth-order valence-electron chi connectivity index (χ4n) is 4.85. The fourth-order valence-corrected chi connectivity index (χ4v) is 5.34. The van der Waals surface area contributed by atoms with Gasteiger partial charge in [-0.1, -0.05) is 23.2 Å². The number of rotatable bonds is 4. The van der Waals surface area contributed by atoms with Crippen LogP contribution in [0, 0.1) is 5.95 Å². The second kappa shape index (κ2) is 16.5. The minimum Gasteiger partial charge on any atom is -0.870 e. The van der Waals surface area contributed by atoms with Crippen LogP contribution in [-0.4, -0.2) is 61.8 Å².